The van der Waals surface area contributed by atoms with Crippen LogP contribution >= 0.6 is 23.2 Å². The summed E-state index contributed by atoms with van der Waals surface area (Å²) in [6.45, 7) is 0. The average Bonchev–Trinajstić information content (AvgIpc) is 3.26. The second-order valence-electron chi connectivity index (χ2n) is 7.37. The maximum absolute atomic E-state index is 13.4. The van der Waals surface area contributed by atoms with Gasteiger partial charge in [0.05, 0.1) is 27.1 Å². The summed E-state index contributed by atoms with van der Waals surface area (Å²) in [5, 5.41) is 6.71. The molecule has 0 atom stereocenters. The zero-order valence-electron chi connectivity index (χ0n) is 17.6. The molecule has 4 rings (SSSR count). The molecule has 3 aromatic carbocycles. The summed E-state index contributed by atoms with van der Waals surface area (Å²) >= 11 is 12.3. The highest BCUT2D eigenvalue weighted by Crippen LogP contribution is 2.34. The number of rotatable bonds is 5. The first-order valence-corrected chi connectivity index (χ1v) is 10.7. The van der Waals surface area contributed by atoms with E-state index in [9.17, 15) is 22.8 Å². The lowest BCUT2D eigenvalue weighted by Gasteiger charge is -2.11. The number of hydrogen-bond acceptors (Lipinski definition) is 3. The van der Waals surface area contributed by atoms with Crippen LogP contribution < -0.4 is 11.1 Å². The highest BCUT2D eigenvalue weighted by Gasteiger charge is 2.35. The average molecular weight is 521 g/mol. The summed E-state index contributed by atoms with van der Waals surface area (Å²) in [5.41, 5.74) is 5.50. The minimum atomic E-state index is -4.67. The number of halogens is 5. The van der Waals surface area contributed by atoms with Crippen molar-refractivity contribution in [2.24, 2.45) is 5.73 Å². The molecule has 0 saturated carbocycles. The molecule has 4 aromatic rings. The van der Waals surface area contributed by atoms with Crippen LogP contribution in [0.3, 0.4) is 0 Å². The maximum atomic E-state index is 13.4. The number of hydrogen-bond donors (Lipinski definition) is 2. The van der Waals surface area contributed by atoms with Gasteiger partial charge in [-0.2, -0.15) is 18.3 Å². The van der Waals surface area contributed by atoms with Crippen LogP contribution in [-0.2, 0) is 6.18 Å². The van der Waals surface area contributed by atoms with Gasteiger partial charge in [0.1, 0.15) is 0 Å². The summed E-state index contributed by atoms with van der Waals surface area (Å²) in [4.78, 5) is 24.1. The summed E-state index contributed by atoms with van der Waals surface area (Å²) in [5.74, 6) is -1.23. The van der Waals surface area contributed by atoms with E-state index in [1.807, 2.05) is 0 Å². The van der Waals surface area contributed by atoms with Crippen LogP contribution in [0, 0.1) is 0 Å². The van der Waals surface area contributed by atoms with Crippen molar-refractivity contribution in [2.75, 3.05) is 5.32 Å². The molecule has 0 saturated heterocycles. The van der Waals surface area contributed by atoms with Gasteiger partial charge >= 0.3 is 6.18 Å². The molecule has 3 N–H and O–H groups in total. The monoisotopic (exact) mass is 520 g/mol. The fourth-order valence-electron chi connectivity index (χ4n) is 3.29. The van der Waals surface area contributed by atoms with E-state index in [1.54, 1.807) is 24.3 Å². The summed E-state index contributed by atoms with van der Waals surface area (Å²) in [6, 6.07) is 17.3. The molecule has 35 heavy (non-hydrogen) atoms. The number of carbonyl (C=O) groups excluding carboxylic acids is 2. The highest BCUT2D eigenvalue weighted by molar-refractivity contribution is 6.34. The molecule has 0 spiro atoms. The molecule has 0 radical (unpaired) electrons. The Bertz CT molecular complexity index is 1440. The SMILES string of the molecule is NC(=O)c1ccc(Cl)c(NC(=O)c2ccc(-c3cc(C(F)(F)F)nn3-c3ccccc3Cl)cc2)c1.[HH]. The number of carbonyl (C=O) groups is 2. The topological polar surface area (TPSA) is 90.0 Å². The molecule has 0 aliphatic rings. The Hall–Kier alpha value is -3.82. The molecule has 0 fully saturated rings. The predicted octanol–water partition coefficient (Wildman–Crippen LogP) is 6.46. The Morgan fingerprint density at radius 1 is 0.914 bits per heavy atom. The van der Waals surface area contributed by atoms with E-state index >= 15 is 0 Å². The van der Waals surface area contributed by atoms with Gasteiger partial charge < -0.3 is 11.1 Å². The van der Waals surface area contributed by atoms with Crippen molar-refractivity contribution in [2.45, 2.75) is 6.18 Å². The number of alkyl halides is 3. The van der Waals surface area contributed by atoms with Gasteiger partial charge in [-0.15, -0.1) is 0 Å². The molecule has 0 unspecified atom stereocenters. The van der Waals surface area contributed by atoms with Gasteiger partial charge in [0.25, 0.3) is 5.91 Å². The normalized spacial score (nSPS) is 11.3. The van der Waals surface area contributed by atoms with Crippen LogP contribution in [-0.4, -0.2) is 21.6 Å². The Morgan fingerprint density at radius 3 is 2.20 bits per heavy atom. The molecule has 0 aliphatic carbocycles. The zero-order valence-corrected chi connectivity index (χ0v) is 19.1. The van der Waals surface area contributed by atoms with Crippen molar-refractivity contribution < 1.29 is 24.2 Å². The van der Waals surface area contributed by atoms with Gasteiger partial charge in [0.2, 0.25) is 5.91 Å². The van der Waals surface area contributed by atoms with E-state index < -0.39 is 23.7 Å². The number of nitrogens with one attached hydrogen (secondary N) is 1. The largest absolute Gasteiger partial charge is 0.435 e. The van der Waals surface area contributed by atoms with Crippen molar-refractivity contribution in [3.8, 4) is 16.9 Å². The van der Waals surface area contributed by atoms with E-state index in [2.05, 4.69) is 10.4 Å². The molecule has 11 heteroatoms. The van der Waals surface area contributed by atoms with Crippen LogP contribution in [0.25, 0.3) is 16.9 Å². The number of anilines is 1. The van der Waals surface area contributed by atoms with E-state index in [1.165, 1.54) is 42.5 Å². The van der Waals surface area contributed by atoms with Crippen molar-refractivity contribution >= 4 is 40.7 Å². The number of para-hydroxylation sites is 1. The Balaban J connectivity index is 0.00000361. The van der Waals surface area contributed by atoms with Crippen LogP contribution in [0.1, 0.15) is 27.8 Å². The summed E-state index contributed by atoms with van der Waals surface area (Å²) in [6.07, 6.45) is -4.67. The Labute approximate surface area is 208 Å². The second kappa shape index (κ2) is 9.44. The molecule has 180 valence electrons. The number of benzene rings is 3. The minimum absolute atomic E-state index is 0. The first kappa shape index (κ1) is 24.3. The van der Waals surface area contributed by atoms with Gasteiger partial charge in [0, 0.05) is 18.1 Å². The number of aromatic nitrogens is 2. The van der Waals surface area contributed by atoms with Crippen molar-refractivity contribution in [3.05, 3.63) is 99.7 Å². The molecule has 1 aromatic heterocycles. The molecule has 0 bridgehead atoms. The lowest BCUT2D eigenvalue weighted by Crippen LogP contribution is -2.15. The molecular formula is C24H17Cl2F3N4O2. The van der Waals surface area contributed by atoms with Crippen LogP contribution in [0.2, 0.25) is 10.0 Å². The lowest BCUT2D eigenvalue weighted by molar-refractivity contribution is -0.141. The summed E-state index contributed by atoms with van der Waals surface area (Å²) in [7, 11) is 0. The van der Waals surface area contributed by atoms with E-state index in [4.69, 9.17) is 28.9 Å². The third-order valence-corrected chi connectivity index (χ3v) is 5.67. The fourth-order valence-corrected chi connectivity index (χ4v) is 3.67. The molecular weight excluding hydrogens is 504 g/mol. The Morgan fingerprint density at radius 2 is 1.57 bits per heavy atom. The first-order chi connectivity index (χ1) is 16.5. The predicted molar refractivity (Wildman–Crippen MR) is 129 cm³/mol. The van der Waals surface area contributed by atoms with Crippen molar-refractivity contribution in [3.63, 3.8) is 0 Å². The minimum Gasteiger partial charge on any atom is -0.366 e. The van der Waals surface area contributed by atoms with Gasteiger partial charge in [-0.05, 0) is 48.5 Å². The summed E-state index contributed by atoms with van der Waals surface area (Å²) < 4.78 is 41.3. The van der Waals surface area contributed by atoms with Crippen molar-refractivity contribution in [1.82, 2.24) is 9.78 Å². The van der Waals surface area contributed by atoms with E-state index in [-0.39, 0.29) is 39.7 Å². The first-order valence-electron chi connectivity index (χ1n) is 9.98. The third-order valence-electron chi connectivity index (χ3n) is 5.02. The third kappa shape index (κ3) is 5.16. The lowest BCUT2D eigenvalue weighted by atomic mass is 10.1. The second-order valence-corrected chi connectivity index (χ2v) is 8.18. The van der Waals surface area contributed by atoms with Crippen LogP contribution in [0.15, 0.2) is 72.8 Å². The van der Waals surface area contributed by atoms with Crippen LogP contribution in [0.4, 0.5) is 18.9 Å². The standard InChI is InChI=1S/C24H15Cl2F3N4O2.H2/c25-16-10-9-15(22(30)34)11-18(16)31-23(35)14-7-5-13(6-8-14)20-12-21(24(27,28)29)32-33(20)19-4-2-1-3-17(19)26;/h1-12H,(H2,30,34)(H,31,35);1H. The van der Waals surface area contributed by atoms with E-state index in [0.29, 0.717) is 5.56 Å². The quantitative estimate of drug-likeness (QED) is 0.316. The molecule has 1 heterocycles. The Kier molecular flexibility index (Phi) is 6.56. The molecule has 0 aliphatic heterocycles. The van der Waals surface area contributed by atoms with Gasteiger partial charge in [-0.3, -0.25) is 9.59 Å². The fraction of sp³-hybridized carbons (Fsp3) is 0.0417. The van der Waals surface area contributed by atoms with E-state index in [0.717, 1.165) is 10.7 Å². The number of nitrogens with zero attached hydrogens (tertiary/aromatic N) is 2. The zero-order chi connectivity index (χ0) is 25.3. The number of nitrogens with two attached hydrogens (primary N) is 1. The van der Waals surface area contributed by atoms with Crippen LogP contribution in [0.5, 0.6) is 0 Å². The van der Waals surface area contributed by atoms with Gasteiger partial charge in [-0.1, -0.05) is 47.5 Å². The maximum Gasteiger partial charge on any atom is 0.435 e. The highest BCUT2D eigenvalue weighted by atomic mass is 35.5. The van der Waals surface area contributed by atoms with Gasteiger partial charge in [0.15, 0.2) is 5.69 Å². The van der Waals surface area contributed by atoms with Crippen molar-refractivity contribution in [1.29, 1.82) is 0 Å². The molecule has 6 nitrogen and oxygen atoms in total. The number of amides is 2. The number of primary amides is 1. The smallest absolute Gasteiger partial charge is 0.366 e. The molecule has 2 amide bonds. The van der Waals surface area contributed by atoms with Gasteiger partial charge in [-0.25, -0.2) is 4.68 Å².